The van der Waals surface area contributed by atoms with Crippen LogP contribution < -0.4 is 19.5 Å². The number of anilines is 1. The average Bonchev–Trinajstić information content (AvgIpc) is 3.18. The van der Waals surface area contributed by atoms with Gasteiger partial charge in [-0.25, -0.2) is 4.79 Å². The maximum atomic E-state index is 12.9. The molecule has 1 fully saturated rings. The van der Waals surface area contributed by atoms with Crippen LogP contribution in [0, 0.1) is 0 Å². The molecule has 0 radical (unpaired) electrons. The van der Waals surface area contributed by atoms with E-state index in [2.05, 4.69) is 5.32 Å². The van der Waals surface area contributed by atoms with E-state index in [1.165, 1.54) is 0 Å². The molecule has 6 nitrogen and oxygen atoms in total. The largest absolute Gasteiger partial charge is 0.495 e. The van der Waals surface area contributed by atoms with Crippen molar-refractivity contribution in [2.45, 2.75) is 18.9 Å². The quantitative estimate of drug-likeness (QED) is 0.910. The van der Waals surface area contributed by atoms with Gasteiger partial charge in [-0.1, -0.05) is 18.2 Å². The van der Waals surface area contributed by atoms with Gasteiger partial charge < -0.3 is 24.4 Å². The zero-order chi connectivity index (χ0) is 17.9. The van der Waals surface area contributed by atoms with Gasteiger partial charge in [-0.05, 0) is 42.7 Å². The highest BCUT2D eigenvalue weighted by Crippen LogP contribution is 2.38. The molecule has 1 N–H and O–H groups in total. The molecule has 6 heteroatoms. The highest BCUT2D eigenvalue weighted by Gasteiger charge is 2.31. The maximum Gasteiger partial charge on any atom is 0.322 e. The molecule has 26 heavy (non-hydrogen) atoms. The number of methoxy groups -OCH3 is 1. The van der Waals surface area contributed by atoms with Gasteiger partial charge in [0.25, 0.3) is 0 Å². The van der Waals surface area contributed by atoms with E-state index in [0.29, 0.717) is 24.7 Å². The van der Waals surface area contributed by atoms with Crippen LogP contribution in [-0.2, 0) is 0 Å². The minimum Gasteiger partial charge on any atom is -0.495 e. The molecule has 2 aliphatic heterocycles. The SMILES string of the molecule is COc1ccccc1NC(=O)N1CCCC1c1ccc2c(c1)OCCO2. The number of nitrogens with one attached hydrogen (secondary N) is 1. The van der Waals surface area contributed by atoms with Gasteiger partial charge in [0.1, 0.15) is 19.0 Å². The molecule has 2 heterocycles. The van der Waals surface area contributed by atoms with Gasteiger partial charge in [0.05, 0.1) is 18.8 Å². The average molecular weight is 354 g/mol. The lowest BCUT2D eigenvalue weighted by atomic mass is 10.0. The minimum atomic E-state index is -0.119. The van der Waals surface area contributed by atoms with Crippen LogP contribution in [0.25, 0.3) is 0 Å². The number of amides is 2. The zero-order valence-electron chi connectivity index (χ0n) is 14.7. The number of hydrogen-bond donors (Lipinski definition) is 1. The van der Waals surface area contributed by atoms with Gasteiger partial charge in [-0.2, -0.15) is 0 Å². The Bertz CT molecular complexity index is 808. The van der Waals surface area contributed by atoms with Crippen LogP contribution in [0.15, 0.2) is 42.5 Å². The van der Waals surface area contributed by atoms with Crippen molar-refractivity contribution in [3.05, 3.63) is 48.0 Å². The van der Waals surface area contributed by atoms with Gasteiger partial charge in [-0.3, -0.25) is 0 Å². The van der Waals surface area contributed by atoms with E-state index >= 15 is 0 Å². The molecule has 0 bridgehead atoms. The molecule has 1 atom stereocenters. The molecular formula is C20H22N2O4. The second-order valence-corrected chi connectivity index (χ2v) is 6.38. The van der Waals surface area contributed by atoms with E-state index < -0.39 is 0 Å². The van der Waals surface area contributed by atoms with Crippen molar-refractivity contribution >= 4 is 11.7 Å². The lowest BCUT2D eigenvalue weighted by Gasteiger charge is -2.27. The number of ether oxygens (including phenoxy) is 3. The van der Waals surface area contributed by atoms with Crippen LogP contribution in [0.5, 0.6) is 17.2 Å². The summed E-state index contributed by atoms with van der Waals surface area (Å²) in [7, 11) is 1.60. The lowest BCUT2D eigenvalue weighted by Crippen LogP contribution is -2.34. The van der Waals surface area contributed by atoms with Crippen molar-refractivity contribution in [1.82, 2.24) is 4.90 Å². The summed E-state index contributed by atoms with van der Waals surface area (Å²) in [6, 6.07) is 13.3. The number of carbonyl (C=O) groups excluding carboxylic acids is 1. The first kappa shape index (κ1) is 16.6. The molecular weight excluding hydrogens is 332 g/mol. The summed E-state index contributed by atoms with van der Waals surface area (Å²) in [6.45, 7) is 1.85. The van der Waals surface area contributed by atoms with E-state index in [9.17, 15) is 4.79 Å². The summed E-state index contributed by atoms with van der Waals surface area (Å²) in [5, 5.41) is 2.97. The number of carbonyl (C=O) groups is 1. The third kappa shape index (κ3) is 3.14. The summed E-state index contributed by atoms with van der Waals surface area (Å²) in [5.74, 6) is 2.17. The fraction of sp³-hybridized carbons (Fsp3) is 0.350. The number of benzene rings is 2. The fourth-order valence-corrected chi connectivity index (χ4v) is 3.56. The molecule has 2 aliphatic rings. The van der Waals surface area contributed by atoms with Crippen molar-refractivity contribution in [2.24, 2.45) is 0 Å². The Morgan fingerprint density at radius 2 is 1.96 bits per heavy atom. The number of urea groups is 1. The topological polar surface area (TPSA) is 60.0 Å². The van der Waals surface area contributed by atoms with E-state index in [4.69, 9.17) is 14.2 Å². The molecule has 2 aromatic carbocycles. The summed E-state index contributed by atoms with van der Waals surface area (Å²) < 4.78 is 16.6. The predicted molar refractivity (Wildman–Crippen MR) is 98.1 cm³/mol. The predicted octanol–water partition coefficient (Wildman–Crippen LogP) is 3.84. The summed E-state index contributed by atoms with van der Waals surface area (Å²) in [4.78, 5) is 14.7. The van der Waals surface area contributed by atoms with Crippen LogP contribution in [0.4, 0.5) is 10.5 Å². The Hall–Kier alpha value is -2.89. The number of nitrogens with zero attached hydrogens (tertiary/aromatic N) is 1. The van der Waals surface area contributed by atoms with Crippen LogP contribution in [0.1, 0.15) is 24.4 Å². The smallest absolute Gasteiger partial charge is 0.322 e. The van der Waals surface area contributed by atoms with E-state index in [1.807, 2.05) is 47.4 Å². The first-order chi connectivity index (χ1) is 12.8. The first-order valence-corrected chi connectivity index (χ1v) is 8.86. The third-order valence-corrected chi connectivity index (χ3v) is 4.81. The van der Waals surface area contributed by atoms with Gasteiger partial charge in [0.2, 0.25) is 0 Å². The second-order valence-electron chi connectivity index (χ2n) is 6.38. The molecule has 0 spiro atoms. The van der Waals surface area contributed by atoms with Gasteiger partial charge in [0, 0.05) is 6.54 Å². The second kappa shape index (κ2) is 7.15. The number of hydrogen-bond acceptors (Lipinski definition) is 4. The number of para-hydroxylation sites is 2. The van der Waals surface area contributed by atoms with E-state index in [-0.39, 0.29) is 12.1 Å². The summed E-state index contributed by atoms with van der Waals surface area (Å²) in [6.07, 6.45) is 1.90. The van der Waals surface area contributed by atoms with Crippen molar-refractivity contribution in [1.29, 1.82) is 0 Å². The van der Waals surface area contributed by atoms with Gasteiger partial charge in [0.15, 0.2) is 11.5 Å². The van der Waals surface area contributed by atoms with Crippen molar-refractivity contribution in [3.8, 4) is 17.2 Å². The van der Waals surface area contributed by atoms with Crippen molar-refractivity contribution < 1.29 is 19.0 Å². The number of fused-ring (bicyclic) bond motifs is 1. The molecule has 0 saturated carbocycles. The fourth-order valence-electron chi connectivity index (χ4n) is 3.56. The molecule has 4 rings (SSSR count). The maximum absolute atomic E-state index is 12.9. The van der Waals surface area contributed by atoms with Crippen LogP contribution in [0.2, 0.25) is 0 Å². The van der Waals surface area contributed by atoms with Gasteiger partial charge in [-0.15, -0.1) is 0 Å². The molecule has 1 saturated heterocycles. The lowest BCUT2D eigenvalue weighted by molar-refractivity contribution is 0.170. The van der Waals surface area contributed by atoms with E-state index in [1.54, 1.807) is 7.11 Å². The Balaban J connectivity index is 1.54. The normalized spacial score (nSPS) is 18.5. The Kier molecular flexibility index (Phi) is 4.56. The summed E-state index contributed by atoms with van der Waals surface area (Å²) >= 11 is 0. The van der Waals surface area contributed by atoms with Crippen molar-refractivity contribution in [2.75, 3.05) is 32.2 Å². The summed E-state index contributed by atoms with van der Waals surface area (Å²) in [5.41, 5.74) is 1.75. The third-order valence-electron chi connectivity index (χ3n) is 4.81. The van der Waals surface area contributed by atoms with Crippen LogP contribution in [0.3, 0.4) is 0 Å². The molecule has 2 aromatic rings. The van der Waals surface area contributed by atoms with Crippen LogP contribution >= 0.6 is 0 Å². The van der Waals surface area contributed by atoms with E-state index in [0.717, 1.165) is 36.4 Å². The Morgan fingerprint density at radius 3 is 2.81 bits per heavy atom. The Labute approximate surface area is 152 Å². The molecule has 2 amide bonds. The molecule has 0 aliphatic carbocycles. The minimum absolute atomic E-state index is 0.0283. The van der Waals surface area contributed by atoms with Crippen molar-refractivity contribution in [3.63, 3.8) is 0 Å². The molecule has 0 aromatic heterocycles. The number of rotatable bonds is 3. The highest BCUT2D eigenvalue weighted by molar-refractivity contribution is 5.91. The number of likely N-dealkylation sites (tertiary alicyclic amines) is 1. The first-order valence-electron chi connectivity index (χ1n) is 8.86. The van der Waals surface area contributed by atoms with Gasteiger partial charge >= 0.3 is 6.03 Å². The van der Waals surface area contributed by atoms with Crippen LogP contribution in [-0.4, -0.2) is 37.8 Å². The molecule has 136 valence electrons. The zero-order valence-corrected chi connectivity index (χ0v) is 14.7. The highest BCUT2D eigenvalue weighted by atomic mass is 16.6. The standard InChI is InChI=1S/C20H22N2O4/c1-24-17-7-3-2-5-15(17)21-20(23)22-10-4-6-16(22)14-8-9-18-19(13-14)26-12-11-25-18/h2-3,5,7-9,13,16H,4,6,10-12H2,1H3,(H,21,23). The monoisotopic (exact) mass is 354 g/mol. The molecule has 1 unspecified atom stereocenters. The Morgan fingerprint density at radius 1 is 1.15 bits per heavy atom.